The van der Waals surface area contributed by atoms with Crippen LogP contribution in [-0.4, -0.2) is 29.6 Å². The Labute approximate surface area is 103 Å². The molecule has 1 aliphatic rings. The first-order valence-electron chi connectivity index (χ1n) is 5.91. The third kappa shape index (κ3) is 5.30. The Balaban J connectivity index is 2.11. The minimum Gasteiger partial charge on any atom is -0.360 e. The molecule has 3 N–H and O–H groups in total. The van der Waals surface area contributed by atoms with E-state index in [-0.39, 0.29) is 18.5 Å². The van der Waals surface area contributed by atoms with Gasteiger partial charge in [0.25, 0.3) is 0 Å². The van der Waals surface area contributed by atoms with E-state index in [1.807, 2.05) is 13.8 Å². The number of hydrogen-bond donors (Lipinski definition) is 3. The van der Waals surface area contributed by atoms with E-state index in [9.17, 15) is 4.79 Å². The first-order valence-corrected chi connectivity index (χ1v) is 6.32. The quantitative estimate of drug-likeness (QED) is 0.643. The van der Waals surface area contributed by atoms with Gasteiger partial charge in [-0.3, -0.25) is 4.79 Å². The largest absolute Gasteiger partial charge is 0.360 e. The van der Waals surface area contributed by atoms with E-state index in [4.69, 9.17) is 12.2 Å². The van der Waals surface area contributed by atoms with Crippen LogP contribution in [0.4, 0.5) is 0 Å². The Morgan fingerprint density at radius 1 is 1.38 bits per heavy atom. The highest BCUT2D eigenvalue weighted by atomic mass is 32.1. The van der Waals surface area contributed by atoms with Gasteiger partial charge in [0.2, 0.25) is 5.91 Å². The molecule has 0 saturated heterocycles. The van der Waals surface area contributed by atoms with Gasteiger partial charge in [0.1, 0.15) is 0 Å². The predicted molar refractivity (Wildman–Crippen MR) is 69.3 cm³/mol. The van der Waals surface area contributed by atoms with Gasteiger partial charge in [0.15, 0.2) is 5.11 Å². The maximum Gasteiger partial charge on any atom is 0.239 e. The molecule has 0 spiro atoms. The molecule has 0 aliphatic heterocycles. The van der Waals surface area contributed by atoms with Gasteiger partial charge in [0, 0.05) is 12.1 Å². The molecule has 1 rings (SSSR count). The van der Waals surface area contributed by atoms with Crippen molar-refractivity contribution in [3.8, 4) is 0 Å². The third-order valence-electron chi connectivity index (χ3n) is 2.55. The van der Waals surface area contributed by atoms with Gasteiger partial charge in [-0.2, -0.15) is 0 Å². The summed E-state index contributed by atoms with van der Waals surface area (Å²) >= 11 is 5.12. The van der Waals surface area contributed by atoms with Crippen molar-refractivity contribution in [1.82, 2.24) is 16.0 Å². The molecule has 0 aromatic heterocycles. The van der Waals surface area contributed by atoms with Crippen molar-refractivity contribution in [3.05, 3.63) is 0 Å². The lowest BCUT2D eigenvalue weighted by molar-refractivity contribution is -0.120. The van der Waals surface area contributed by atoms with Crippen molar-refractivity contribution in [2.24, 2.45) is 0 Å². The van der Waals surface area contributed by atoms with Crippen molar-refractivity contribution in [2.45, 2.75) is 51.6 Å². The first kappa shape index (κ1) is 13.2. The Morgan fingerprint density at radius 3 is 2.56 bits per heavy atom. The number of hydrogen-bond acceptors (Lipinski definition) is 2. The maximum absolute atomic E-state index is 11.3. The summed E-state index contributed by atoms with van der Waals surface area (Å²) in [5, 5.41) is 9.54. The van der Waals surface area contributed by atoms with Gasteiger partial charge in [0.05, 0.1) is 6.54 Å². The van der Waals surface area contributed by atoms with E-state index in [1.165, 1.54) is 25.7 Å². The second-order valence-electron chi connectivity index (χ2n) is 4.53. The lowest BCUT2D eigenvalue weighted by atomic mass is 10.3. The zero-order valence-electron chi connectivity index (χ0n) is 10.0. The molecule has 4 nitrogen and oxygen atoms in total. The van der Waals surface area contributed by atoms with E-state index < -0.39 is 0 Å². The second-order valence-corrected chi connectivity index (χ2v) is 4.94. The fraction of sp³-hybridized carbons (Fsp3) is 0.818. The second kappa shape index (κ2) is 6.68. The minimum absolute atomic E-state index is 0.0226. The number of rotatable bonds is 4. The number of carbonyl (C=O) groups is 1. The molecule has 5 heteroatoms. The summed E-state index contributed by atoms with van der Waals surface area (Å²) in [6.07, 6.45) is 4.91. The van der Waals surface area contributed by atoms with Crippen LogP contribution in [-0.2, 0) is 4.79 Å². The topological polar surface area (TPSA) is 53.2 Å². The zero-order valence-corrected chi connectivity index (χ0v) is 10.8. The molecule has 0 atom stereocenters. The number of thiocarbonyl (C=S) groups is 1. The van der Waals surface area contributed by atoms with Crippen molar-refractivity contribution in [3.63, 3.8) is 0 Å². The van der Waals surface area contributed by atoms with Gasteiger partial charge < -0.3 is 16.0 Å². The monoisotopic (exact) mass is 243 g/mol. The zero-order chi connectivity index (χ0) is 12.0. The Morgan fingerprint density at radius 2 is 2.00 bits per heavy atom. The molecule has 1 saturated carbocycles. The van der Waals surface area contributed by atoms with E-state index in [1.54, 1.807) is 0 Å². The summed E-state index contributed by atoms with van der Waals surface area (Å²) in [6.45, 7) is 4.12. The smallest absolute Gasteiger partial charge is 0.239 e. The molecular formula is C11H21N3OS. The van der Waals surface area contributed by atoms with Crippen LogP contribution < -0.4 is 16.0 Å². The highest BCUT2D eigenvalue weighted by molar-refractivity contribution is 7.80. The molecule has 0 radical (unpaired) electrons. The highest BCUT2D eigenvalue weighted by Gasteiger charge is 2.15. The first-order chi connectivity index (χ1) is 7.58. The van der Waals surface area contributed by atoms with Gasteiger partial charge in [-0.05, 0) is 38.9 Å². The van der Waals surface area contributed by atoms with Crippen LogP contribution in [0.2, 0.25) is 0 Å². The van der Waals surface area contributed by atoms with Crippen LogP contribution in [0, 0.1) is 0 Å². The summed E-state index contributed by atoms with van der Waals surface area (Å²) in [5.41, 5.74) is 0. The SMILES string of the molecule is CC(C)NC(=O)CNC(=S)NC1CCCC1. The Hall–Kier alpha value is -0.840. The van der Waals surface area contributed by atoms with E-state index >= 15 is 0 Å². The molecule has 0 aromatic carbocycles. The van der Waals surface area contributed by atoms with Crippen molar-refractivity contribution in [2.75, 3.05) is 6.54 Å². The molecule has 0 heterocycles. The average molecular weight is 243 g/mol. The Kier molecular flexibility index (Phi) is 5.52. The van der Waals surface area contributed by atoms with Gasteiger partial charge in [-0.15, -0.1) is 0 Å². The lowest BCUT2D eigenvalue weighted by Gasteiger charge is -2.16. The van der Waals surface area contributed by atoms with E-state index in [0.29, 0.717) is 11.2 Å². The fourth-order valence-electron chi connectivity index (χ4n) is 1.84. The maximum atomic E-state index is 11.3. The number of nitrogens with one attached hydrogen (secondary N) is 3. The van der Waals surface area contributed by atoms with Crippen molar-refractivity contribution >= 4 is 23.2 Å². The van der Waals surface area contributed by atoms with Crippen LogP contribution in [0.3, 0.4) is 0 Å². The van der Waals surface area contributed by atoms with Crippen LogP contribution >= 0.6 is 12.2 Å². The molecule has 1 aliphatic carbocycles. The predicted octanol–water partition coefficient (Wildman–Crippen LogP) is 0.918. The molecule has 1 amide bonds. The van der Waals surface area contributed by atoms with Crippen LogP contribution in [0.1, 0.15) is 39.5 Å². The van der Waals surface area contributed by atoms with Gasteiger partial charge >= 0.3 is 0 Å². The average Bonchev–Trinajstić information content (AvgIpc) is 2.66. The van der Waals surface area contributed by atoms with E-state index in [2.05, 4.69) is 16.0 Å². The van der Waals surface area contributed by atoms with Crippen LogP contribution in [0.5, 0.6) is 0 Å². The molecule has 16 heavy (non-hydrogen) atoms. The highest BCUT2D eigenvalue weighted by Crippen LogP contribution is 2.17. The van der Waals surface area contributed by atoms with Gasteiger partial charge in [-0.1, -0.05) is 12.8 Å². The standard InChI is InChI=1S/C11H21N3OS/c1-8(2)13-10(15)7-12-11(16)14-9-5-3-4-6-9/h8-9H,3-7H2,1-2H3,(H,13,15)(H2,12,14,16). The van der Waals surface area contributed by atoms with E-state index in [0.717, 1.165) is 0 Å². The third-order valence-corrected chi connectivity index (χ3v) is 2.81. The number of amides is 1. The molecular weight excluding hydrogens is 222 g/mol. The summed E-state index contributed by atoms with van der Waals surface area (Å²) in [5.74, 6) is -0.0226. The summed E-state index contributed by atoms with van der Waals surface area (Å²) in [7, 11) is 0. The fourth-order valence-corrected chi connectivity index (χ4v) is 2.08. The van der Waals surface area contributed by atoms with Crippen molar-refractivity contribution in [1.29, 1.82) is 0 Å². The molecule has 0 aromatic rings. The van der Waals surface area contributed by atoms with Crippen molar-refractivity contribution < 1.29 is 4.79 Å². The number of carbonyl (C=O) groups excluding carboxylic acids is 1. The lowest BCUT2D eigenvalue weighted by Crippen LogP contribution is -2.45. The molecule has 0 bridgehead atoms. The van der Waals surface area contributed by atoms with Crippen LogP contribution in [0.25, 0.3) is 0 Å². The summed E-state index contributed by atoms with van der Waals surface area (Å²) < 4.78 is 0. The molecule has 92 valence electrons. The normalized spacial score (nSPS) is 16.2. The Bertz CT molecular complexity index is 250. The molecule has 0 unspecified atom stereocenters. The van der Waals surface area contributed by atoms with Gasteiger partial charge in [-0.25, -0.2) is 0 Å². The summed E-state index contributed by atoms with van der Waals surface area (Å²) in [4.78, 5) is 11.3. The summed E-state index contributed by atoms with van der Waals surface area (Å²) in [6, 6.07) is 0.666. The van der Waals surface area contributed by atoms with Crippen LogP contribution in [0.15, 0.2) is 0 Å². The molecule has 1 fully saturated rings. The minimum atomic E-state index is -0.0226.